The second-order valence-electron chi connectivity index (χ2n) is 4.39. The summed E-state index contributed by atoms with van der Waals surface area (Å²) >= 11 is 0. The summed E-state index contributed by atoms with van der Waals surface area (Å²) in [4.78, 5) is 0. The van der Waals surface area contributed by atoms with E-state index in [-0.39, 0.29) is 6.10 Å². The van der Waals surface area contributed by atoms with E-state index in [4.69, 9.17) is 0 Å². The highest BCUT2D eigenvalue weighted by atomic mass is 16.3. The van der Waals surface area contributed by atoms with Crippen molar-refractivity contribution in [2.75, 3.05) is 0 Å². The van der Waals surface area contributed by atoms with Crippen molar-refractivity contribution in [2.24, 2.45) is 5.92 Å². The number of benzene rings is 1. The second kappa shape index (κ2) is 4.63. The fraction of sp³-hybridized carbons (Fsp3) is 0.429. The highest BCUT2D eigenvalue weighted by Crippen LogP contribution is 2.31. The van der Waals surface area contributed by atoms with Crippen LogP contribution in [-0.4, -0.2) is 11.2 Å². The van der Waals surface area contributed by atoms with Crippen molar-refractivity contribution in [1.29, 1.82) is 0 Å². The van der Waals surface area contributed by atoms with E-state index in [1.54, 1.807) is 0 Å². The Bertz CT molecular complexity index is 340. The maximum absolute atomic E-state index is 9.76. The Balaban J connectivity index is 2.32. The van der Waals surface area contributed by atoms with Gasteiger partial charge in [-0.15, -0.1) is 0 Å². The molecule has 0 saturated heterocycles. The Morgan fingerprint density at radius 3 is 2.60 bits per heavy atom. The fourth-order valence-corrected chi connectivity index (χ4v) is 2.25. The first-order valence-electron chi connectivity index (χ1n) is 5.72. The predicted molar refractivity (Wildman–Crippen MR) is 63.4 cm³/mol. The molecule has 1 N–H and O–H groups in total. The molecule has 2 atom stereocenters. The summed E-state index contributed by atoms with van der Waals surface area (Å²) in [7, 11) is 0. The van der Waals surface area contributed by atoms with Crippen molar-refractivity contribution in [3.63, 3.8) is 0 Å². The highest BCUT2D eigenvalue weighted by Gasteiger charge is 2.16. The van der Waals surface area contributed by atoms with Crippen molar-refractivity contribution in [3.8, 4) is 0 Å². The summed E-state index contributed by atoms with van der Waals surface area (Å²) in [5, 5.41) is 9.76. The van der Waals surface area contributed by atoms with E-state index in [2.05, 4.69) is 31.2 Å². The van der Waals surface area contributed by atoms with Gasteiger partial charge in [-0.3, -0.25) is 0 Å². The van der Waals surface area contributed by atoms with Gasteiger partial charge in [0, 0.05) is 0 Å². The lowest BCUT2D eigenvalue weighted by atomic mass is 9.92. The molecule has 0 radical (unpaired) electrons. The van der Waals surface area contributed by atoms with E-state index in [1.165, 1.54) is 17.6 Å². The summed E-state index contributed by atoms with van der Waals surface area (Å²) in [6.07, 6.45) is 4.98. The molecule has 2 rings (SSSR count). The van der Waals surface area contributed by atoms with Crippen molar-refractivity contribution in [3.05, 3.63) is 42.0 Å². The zero-order chi connectivity index (χ0) is 10.7. The minimum Gasteiger partial charge on any atom is -0.389 e. The molecule has 0 aromatic heterocycles. The third kappa shape index (κ3) is 2.48. The Morgan fingerprint density at radius 1 is 1.13 bits per heavy atom. The molecule has 0 aliphatic heterocycles. The van der Waals surface area contributed by atoms with Gasteiger partial charge in [-0.25, -0.2) is 0 Å². The number of aliphatic hydroxyl groups is 1. The third-order valence-corrected chi connectivity index (χ3v) is 3.15. The van der Waals surface area contributed by atoms with Crippen LogP contribution in [0.1, 0.15) is 31.7 Å². The molecule has 0 saturated carbocycles. The molecule has 1 aliphatic carbocycles. The largest absolute Gasteiger partial charge is 0.389 e. The first-order valence-corrected chi connectivity index (χ1v) is 5.72. The lowest BCUT2D eigenvalue weighted by Crippen LogP contribution is -2.01. The zero-order valence-corrected chi connectivity index (χ0v) is 9.19. The predicted octanol–water partition coefficient (Wildman–Crippen LogP) is 3.25. The average Bonchev–Trinajstić information content (AvgIpc) is 2.42. The lowest BCUT2D eigenvalue weighted by molar-refractivity contribution is 0.211. The van der Waals surface area contributed by atoms with Crippen LogP contribution in [0.3, 0.4) is 0 Å². The Labute approximate surface area is 91.4 Å². The monoisotopic (exact) mass is 202 g/mol. The molecule has 0 fully saturated rings. The third-order valence-electron chi connectivity index (χ3n) is 3.15. The molecule has 0 spiro atoms. The van der Waals surface area contributed by atoms with Crippen LogP contribution in [0.2, 0.25) is 0 Å². The quantitative estimate of drug-likeness (QED) is 0.741. The summed E-state index contributed by atoms with van der Waals surface area (Å²) in [6.45, 7) is 2.25. The van der Waals surface area contributed by atoms with Gasteiger partial charge in [0.05, 0.1) is 6.10 Å². The van der Waals surface area contributed by atoms with Gasteiger partial charge >= 0.3 is 0 Å². The van der Waals surface area contributed by atoms with Gasteiger partial charge in [-0.2, -0.15) is 0 Å². The second-order valence-corrected chi connectivity index (χ2v) is 4.39. The normalized spacial score (nSPS) is 26.9. The van der Waals surface area contributed by atoms with E-state index in [9.17, 15) is 5.11 Å². The first-order chi connectivity index (χ1) is 7.27. The Hall–Kier alpha value is -1.08. The van der Waals surface area contributed by atoms with Crippen LogP contribution in [0.15, 0.2) is 36.4 Å². The highest BCUT2D eigenvalue weighted by molar-refractivity contribution is 5.67. The van der Waals surface area contributed by atoms with Crippen molar-refractivity contribution in [1.82, 2.24) is 0 Å². The van der Waals surface area contributed by atoms with Crippen LogP contribution in [-0.2, 0) is 0 Å². The molecule has 1 aromatic carbocycles. The smallest absolute Gasteiger partial charge is 0.0726 e. The number of allylic oxidation sites excluding steroid dienone is 1. The van der Waals surface area contributed by atoms with Crippen LogP contribution in [0.4, 0.5) is 0 Å². The summed E-state index contributed by atoms with van der Waals surface area (Å²) in [6, 6.07) is 10.4. The topological polar surface area (TPSA) is 20.2 Å². The van der Waals surface area contributed by atoms with Crippen LogP contribution in [0.25, 0.3) is 5.57 Å². The molecule has 0 amide bonds. The van der Waals surface area contributed by atoms with Gasteiger partial charge in [-0.1, -0.05) is 43.3 Å². The van der Waals surface area contributed by atoms with E-state index in [0.717, 1.165) is 12.8 Å². The summed E-state index contributed by atoms with van der Waals surface area (Å²) < 4.78 is 0. The van der Waals surface area contributed by atoms with Crippen molar-refractivity contribution in [2.45, 2.75) is 32.3 Å². The van der Waals surface area contributed by atoms with Crippen molar-refractivity contribution >= 4 is 5.57 Å². The SMILES string of the molecule is C[C@@H]1CCC[C@H](O)C=C1c1ccccc1. The minimum absolute atomic E-state index is 0.259. The molecule has 0 unspecified atom stereocenters. The molecular formula is C14H18O. The zero-order valence-electron chi connectivity index (χ0n) is 9.19. The molecule has 1 aliphatic rings. The molecule has 0 bridgehead atoms. The number of rotatable bonds is 1. The standard InChI is InChI=1S/C14H18O/c1-11-6-5-9-13(15)10-14(11)12-7-3-2-4-8-12/h2-4,7-8,10-11,13,15H,5-6,9H2,1H3/t11-,13+/m1/s1. The van der Waals surface area contributed by atoms with Gasteiger partial charge in [0.1, 0.15) is 0 Å². The van der Waals surface area contributed by atoms with E-state index in [1.807, 2.05) is 12.1 Å². The molecule has 1 aromatic rings. The maximum Gasteiger partial charge on any atom is 0.0726 e. The summed E-state index contributed by atoms with van der Waals surface area (Å²) in [5.74, 6) is 0.560. The van der Waals surface area contributed by atoms with Crippen LogP contribution in [0, 0.1) is 5.92 Å². The van der Waals surface area contributed by atoms with Gasteiger partial charge in [-0.05, 0) is 36.3 Å². The maximum atomic E-state index is 9.76. The van der Waals surface area contributed by atoms with Gasteiger partial charge in [0.2, 0.25) is 0 Å². The molecule has 15 heavy (non-hydrogen) atoms. The van der Waals surface area contributed by atoms with Crippen LogP contribution in [0.5, 0.6) is 0 Å². The lowest BCUT2D eigenvalue weighted by Gasteiger charge is -2.14. The van der Waals surface area contributed by atoms with Crippen LogP contribution >= 0.6 is 0 Å². The Morgan fingerprint density at radius 2 is 1.87 bits per heavy atom. The number of hydrogen-bond acceptors (Lipinski definition) is 1. The summed E-state index contributed by atoms with van der Waals surface area (Å²) in [5.41, 5.74) is 2.56. The molecule has 1 heteroatoms. The first kappa shape index (κ1) is 10.4. The minimum atomic E-state index is -0.259. The van der Waals surface area contributed by atoms with E-state index in [0.29, 0.717) is 5.92 Å². The number of hydrogen-bond donors (Lipinski definition) is 1. The van der Waals surface area contributed by atoms with Gasteiger partial charge in [0.15, 0.2) is 0 Å². The van der Waals surface area contributed by atoms with Crippen LogP contribution < -0.4 is 0 Å². The molecule has 1 nitrogen and oxygen atoms in total. The number of aliphatic hydroxyl groups excluding tert-OH is 1. The Kier molecular flexibility index (Phi) is 3.22. The fourth-order valence-electron chi connectivity index (χ4n) is 2.25. The van der Waals surface area contributed by atoms with E-state index < -0.39 is 0 Å². The average molecular weight is 202 g/mol. The van der Waals surface area contributed by atoms with E-state index >= 15 is 0 Å². The van der Waals surface area contributed by atoms with Gasteiger partial charge in [0.25, 0.3) is 0 Å². The molecule has 0 heterocycles. The molecule has 80 valence electrons. The van der Waals surface area contributed by atoms with Crippen molar-refractivity contribution < 1.29 is 5.11 Å². The van der Waals surface area contributed by atoms with Gasteiger partial charge < -0.3 is 5.11 Å². The molecular weight excluding hydrogens is 184 g/mol.